The van der Waals surface area contributed by atoms with E-state index in [0.717, 1.165) is 16.5 Å². The highest BCUT2D eigenvalue weighted by atomic mass is 32.2. The Balaban J connectivity index is 1.37. The molecule has 0 amide bonds. The highest BCUT2D eigenvalue weighted by Crippen LogP contribution is 2.21. The summed E-state index contributed by atoms with van der Waals surface area (Å²) in [5, 5.41) is 12.9. The Kier molecular flexibility index (Phi) is 4.60. The van der Waals surface area contributed by atoms with Gasteiger partial charge in [0.05, 0.1) is 18.6 Å². The van der Waals surface area contributed by atoms with Crippen molar-refractivity contribution >= 4 is 11.8 Å². The van der Waals surface area contributed by atoms with E-state index in [4.69, 9.17) is 8.94 Å². The fourth-order valence-electron chi connectivity index (χ4n) is 2.36. The zero-order chi connectivity index (χ0) is 16.9. The van der Waals surface area contributed by atoms with Gasteiger partial charge in [0.1, 0.15) is 12.1 Å². The minimum absolute atomic E-state index is 0.540. The Labute approximate surface area is 148 Å². The van der Waals surface area contributed by atoms with E-state index in [-0.39, 0.29) is 0 Å². The van der Waals surface area contributed by atoms with Crippen LogP contribution in [0.15, 0.2) is 69.2 Å². The Morgan fingerprint density at radius 2 is 2.00 bits per heavy atom. The van der Waals surface area contributed by atoms with Gasteiger partial charge in [-0.3, -0.25) is 0 Å². The van der Waals surface area contributed by atoms with Crippen LogP contribution in [0.5, 0.6) is 0 Å². The first-order valence-electron chi connectivity index (χ1n) is 7.75. The van der Waals surface area contributed by atoms with Crippen molar-refractivity contribution in [3.63, 3.8) is 0 Å². The number of thioether (sulfide) groups is 1. The van der Waals surface area contributed by atoms with Gasteiger partial charge in [-0.1, -0.05) is 47.3 Å². The van der Waals surface area contributed by atoms with Crippen molar-refractivity contribution in [2.24, 2.45) is 0 Å². The quantitative estimate of drug-likeness (QED) is 0.472. The van der Waals surface area contributed by atoms with E-state index in [9.17, 15) is 0 Å². The molecule has 0 saturated heterocycles. The summed E-state index contributed by atoms with van der Waals surface area (Å²) in [5.74, 6) is 2.64. The summed E-state index contributed by atoms with van der Waals surface area (Å²) in [4.78, 5) is 4.44. The van der Waals surface area contributed by atoms with E-state index in [2.05, 4.69) is 20.3 Å². The fourth-order valence-corrected chi connectivity index (χ4v) is 3.11. The van der Waals surface area contributed by atoms with E-state index in [1.807, 2.05) is 47.0 Å². The molecule has 8 heteroatoms. The molecule has 3 aromatic heterocycles. The first-order chi connectivity index (χ1) is 12.4. The second-order valence-corrected chi connectivity index (χ2v) is 6.32. The average molecular weight is 353 g/mol. The van der Waals surface area contributed by atoms with Gasteiger partial charge in [0.15, 0.2) is 11.0 Å². The first kappa shape index (κ1) is 15.6. The van der Waals surface area contributed by atoms with Gasteiger partial charge in [-0.25, -0.2) is 0 Å². The van der Waals surface area contributed by atoms with E-state index < -0.39 is 0 Å². The summed E-state index contributed by atoms with van der Waals surface area (Å²) in [6.07, 6.45) is 3.99. The van der Waals surface area contributed by atoms with Crippen LogP contribution < -0.4 is 0 Å². The molecule has 3 heterocycles. The average Bonchev–Trinajstić information content (AvgIpc) is 3.37. The fraction of sp³-hybridized carbons (Fsp3) is 0.176. The molecule has 0 unspecified atom stereocenters. The normalized spacial score (nSPS) is 11.0. The van der Waals surface area contributed by atoms with Gasteiger partial charge in [-0.15, -0.1) is 10.2 Å². The summed E-state index contributed by atoms with van der Waals surface area (Å²) < 4.78 is 12.6. The van der Waals surface area contributed by atoms with Crippen molar-refractivity contribution in [1.29, 1.82) is 0 Å². The van der Waals surface area contributed by atoms with Gasteiger partial charge < -0.3 is 13.5 Å². The molecular formula is C17H15N5O2S. The molecule has 4 rings (SSSR count). The molecule has 4 aromatic rings. The van der Waals surface area contributed by atoms with Gasteiger partial charge in [0.2, 0.25) is 5.89 Å². The van der Waals surface area contributed by atoms with Crippen LogP contribution in [-0.2, 0) is 18.7 Å². The zero-order valence-electron chi connectivity index (χ0n) is 13.3. The van der Waals surface area contributed by atoms with Gasteiger partial charge in [0, 0.05) is 6.42 Å². The molecule has 0 radical (unpaired) electrons. The molecule has 0 atom stereocenters. The lowest BCUT2D eigenvalue weighted by molar-refractivity contribution is 0.385. The Morgan fingerprint density at radius 1 is 1.08 bits per heavy atom. The van der Waals surface area contributed by atoms with Crippen LogP contribution >= 0.6 is 11.8 Å². The van der Waals surface area contributed by atoms with E-state index in [1.54, 1.807) is 12.6 Å². The molecule has 0 aliphatic heterocycles. The van der Waals surface area contributed by atoms with Crippen LogP contribution in [0, 0.1) is 0 Å². The van der Waals surface area contributed by atoms with Gasteiger partial charge in [-0.05, 0) is 17.7 Å². The number of benzene rings is 1. The molecule has 0 N–H and O–H groups in total. The van der Waals surface area contributed by atoms with Crippen LogP contribution in [-0.4, -0.2) is 24.9 Å². The minimum Gasteiger partial charge on any atom is -0.467 e. The molecule has 0 aliphatic rings. The molecule has 0 aliphatic carbocycles. The summed E-state index contributed by atoms with van der Waals surface area (Å²) in [7, 11) is 0. The predicted molar refractivity (Wildman–Crippen MR) is 90.9 cm³/mol. The van der Waals surface area contributed by atoms with Gasteiger partial charge in [0.25, 0.3) is 0 Å². The van der Waals surface area contributed by atoms with Crippen LogP contribution in [0.3, 0.4) is 0 Å². The topological polar surface area (TPSA) is 82.8 Å². The minimum atomic E-state index is 0.540. The number of furan rings is 1. The molecule has 0 bridgehead atoms. The lowest BCUT2D eigenvalue weighted by Crippen LogP contribution is -1.99. The van der Waals surface area contributed by atoms with E-state index in [1.165, 1.54) is 11.8 Å². The Hall–Kier alpha value is -2.87. The number of hydrogen-bond donors (Lipinski definition) is 0. The summed E-state index contributed by atoms with van der Waals surface area (Å²) in [6.45, 7) is 0.589. The number of hydrogen-bond acceptors (Lipinski definition) is 7. The second-order valence-electron chi connectivity index (χ2n) is 5.38. The number of aromatic nitrogens is 5. The molecule has 0 spiro atoms. The van der Waals surface area contributed by atoms with Gasteiger partial charge >= 0.3 is 0 Å². The Morgan fingerprint density at radius 3 is 2.84 bits per heavy atom. The first-order valence-corrected chi connectivity index (χ1v) is 8.74. The molecule has 1 aromatic carbocycles. The maximum atomic E-state index is 5.36. The van der Waals surface area contributed by atoms with Crippen molar-refractivity contribution in [3.05, 3.63) is 78.1 Å². The highest BCUT2D eigenvalue weighted by molar-refractivity contribution is 7.98. The highest BCUT2D eigenvalue weighted by Gasteiger charge is 2.11. The monoisotopic (exact) mass is 353 g/mol. The molecule has 126 valence electrons. The third-order valence-electron chi connectivity index (χ3n) is 3.53. The third kappa shape index (κ3) is 3.97. The second kappa shape index (κ2) is 7.35. The van der Waals surface area contributed by atoms with Crippen LogP contribution in [0.25, 0.3) is 0 Å². The van der Waals surface area contributed by atoms with Gasteiger partial charge in [-0.2, -0.15) is 4.98 Å². The van der Waals surface area contributed by atoms with Crippen molar-refractivity contribution in [1.82, 2.24) is 24.9 Å². The number of nitrogens with zero attached hydrogens (tertiary/aromatic N) is 5. The van der Waals surface area contributed by atoms with Crippen molar-refractivity contribution in [2.75, 3.05) is 0 Å². The standard InChI is InChI=1S/C17H15N5O2S/c1-2-5-13(6-3-1)9-15-19-16(24-21-15)11-25-17-20-18-12-22(17)10-14-7-4-8-23-14/h1-8,12H,9-11H2. The zero-order valence-corrected chi connectivity index (χ0v) is 14.1. The van der Waals surface area contributed by atoms with E-state index >= 15 is 0 Å². The lowest BCUT2D eigenvalue weighted by atomic mass is 10.1. The van der Waals surface area contributed by atoms with E-state index in [0.29, 0.717) is 30.4 Å². The van der Waals surface area contributed by atoms with Crippen molar-refractivity contribution in [2.45, 2.75) is 23.9 Å². The maximum Gasteiger partial charge on any atom is 0.237 e. The summed E-state index contributed by atoms with van der Waals surface area (Å²) >= 11 is 1.50. The molecule has 0 saturated carbocycles. The largest absolute Gasteiger partial charge is 0.467 e. The predicted octanol–water partition coefficient (Wildman–Crippen LogP) is 3.19. The summed E-state index contributed by atoms with van der Waals surface area (Å²) in [6, 6.07) is 13.8. The van der Waals surface area contributed by atoms with Crippen LogP contribution in [0.2, 0.25) is 0 Å². The summed E-state index contributed by atoms with van der Waals surface area (Å²) in [5.41, 5.74) is 1.15. The van der Waals surface area contributed by atoms with Crippen molar-refractivity contribution < 1.29 is 8.94 Å². The van der Waals surface area contributed by atoms with Crippen LogP contribution in [0.4, 0.5) is 0 Å². The maximum absolute atomic E-state index is 5.36. The smallest absolute Gasteiger partial charge is 0.237 e. The van der Waals surface area contributed by atoms with Crippen LogP contribution in [0.1, 0.15) is 23.0 Å². The Bertz CT molecular complexity index is 918. The lowest BCUT2D eigenvalue weighted by Gasteiger charge is -2.02. The van der Waals surface area contributed by atoms with Crippen molar-refractivity contribution in [3.8, 4) is 0 Å². The molecular weight excluding hydrogens is 338 g/mol. The third-order valence-corrected chi connectivity index (χ3v) is 4.49. The molecule has 25 heavy (non-hydrogen) atoms. The molecule has 0 fully saturated rings. The molecule has 7 nitrogen and oxygen atoms in total. The SMILES string of the molecule is c1ccc(Cc2noc(CSc3nncn3Cc3ccco3)n2)cc1. The number of rotatable bonds is 7.